The summed E-state index contributed by atoms with van der Waals surface area (Å²) < 4.78 is 0. The molecule has 14 heavy (non-hydrogen) atoms. The molecule has 2 nitrogen and oxygen atoms in total. The maximum absolute atomic E-state index is 9.72. The fourth-order valence-electron chi connectivity index (χ4n) is 1.22. The van der Waals surface area contributed by atoms with Gasteiger partial charge in [0.25, 0.3) is 0 Å². The molecule has 0 aliphatic heterocycles. The molecule has 1 aromatic rings. The zero-order valence-electron chi connectivity index (χ0n) is 8.75. The smallest absolute Gasteiger partial charge is 0.122 e. The van der Waals surface area contributed by atoms with Gasteiger partial charge in [-0.15, -0.1) is 6.58 Å². The van der Waals surface area contributed by atoms with E-state index in [2.05, 4.69) is 11.9 Å². The van der Waals surface area contributed by atoms with Crippen LogP contribution in [0.5, 0.6) is 5.75 Å². The van der Waals surface area contributed by atoms with Crippen LogP contribution in [0.4, 0.5) is 0 Å². The van der Waals surface area contributed by atoms with Gasteiger partial charge in [-0.3, -0.25) is 0 Å². The van der Waals surface area contributed by atoms with Crippen LogP contribution in [0.3, 0.4) is 0 Å². The van der Waals surface area contributed by atoms with E-state index in [9.17, 15) is 5.11 Å². The predicted octanol–water partition coefficient (Wildman–Crippen LogP) is 2.36. The van der Waals surface area contributed by atoms with Gasteiger partial charge in [0.05, 0.1) is 0 Å². The lowest BCUT2D eigenvalue weighted by Gasteiger charge is -2.11. The zero-order valence-corrected chi connectivity index (χ0v) is 8.75. The third-order valence-corrected chi connectivity index (χ3v) is 2.29. The molecule has 0 spiro atoms. The highest BCUT2D eigenvalue weighted by atomic mass is 16.3. The van der Waals surface area contributed by atoms with Crippen molar-refractivity contribution < 1.29 is 5.11 Å². The Morgan fingerprint density at radius 1 is 1.57 bits per heavy atom. The minimum atomic E-state index is 0.259. The standard InChI is InChI=1S/C12H17NO/c1-4-10(3)13-8-11-7-5-6-9(2)12(11)14/h4-7,10,13-14H,1,8H2,2-3H3. The number of aryl methyl sites for hydroxylation is 1. The van der Waals surface area contributed by atoms with Crippen molar-refractivity contribution >= 4 is 0 Å². The molecule has 0 bridgehead atoms. The normalized spacial score (nSPS) is 12.4. The van der Waals surface area contributed by atoms with Crippen LogP contribution < -0.4 is 5.32 Å². The van der Waals surface area contributed by atoms with E-state index in [0.29, 0.717) is 12.3 Å². The Morgan fingerprint density at radius 3 is 2.93 bits per heavy atom. The van der Waals surface area contributed by atoms with Crippen LogP contribution in [0, 0.1) is 6.92 Å². The second-order valence-corrected chi connectivity index (χ2v) is 3.49. The summed E-state index contributed by atoms with van der Waals surface area (Å²) in [7, 11) is 0. The van der Waals surface area contributed by atoms with Crippen LogP contribution in [0.1, 0.15) is 18.1 Å². The van der Waals surface area contributed by atoms with Crippen molar-refractivity contribution in [2.24, 2.45) is 0 Å². The Bertz CT molecular complexity index is 320. The maximum Gasteiger partial charge on any atom is 0.122 e. The summed E-state index contributed by atoms with van der Waals surface area (Å²) in [6.45, 7) is 8.28. The highest BCUT2D eigenvalue weighted by molar-refractivity contribution is 5.39. The van der Waals surface area contributed by atoms with Gasteiger partial charge in [-0.2, -0.15) is 0 Å². The Labute approximate surface area is 85.3 Å². The Hall–Kier alpha value is -1.28. The van der Waals surface area contributed by atoms with Crippen molar-refractivity contribution in [1.29, 1.82) is 0 Å². The third-order valence-electron chi connectivity index (χ3n) is 2.29. The highest BCUT2D eigenvalue weighted by Crippen LogP contribution is 2.20. The van der Waals surface area contributed by atoms with Crippen LogP contribution in [-0.2, 0) is 6.54 Å². The number of nitrogens with one attached hydrogen (secondary N) is 1. The van der Waals surface area contributed by atoms with Gasteiger partial charge in [0.2, 0.25) is 0 Å². The monoisotopic (exact) mass is 191 g/mol. The summed E-state index contributed by atoms with van der Waals surface area (Å²) in [6, 6.07) is 6.03. The number of benzene rings is 1. The highest BCUT2D eigenvalue weighted by Gasteiger charge is 2.03. The molecule has 0 heterocycles. The minimum absolute atomic E-state index is 0.259. The van der Waals surface area contributed by atoms with Crippen molar-refractivity contribution in [2.75, 3.05) is 0 Å². The van der Waals surface area contributed by atoms with Gasteiger partial charge in [0.1, 0.15) is 5.75 Å². The van der Waals surface area contributed by atoms with Crippen LogP contribution in [0.15, 0.2) is 30.9 Å². The molecule has 0 aliphatic carbocycles. The summed E-state index contributed by atoms with van der Waals surface area (Å²) in [5.74, 6) is 0.385. The van der Waals surface area contributed by atoms with Gasteiger partial charge in [0.15, 0.2) is 0 Å². The number of hydrogen-bond donors (Lipinski definition) is 2. The Balaban J connectivity index is 2.67. The van der Waals surface area contributed by atoms with E-state index >= 15 is 0 Å². The first-order valence-corrected chi connectivity index (χ1v) is 4.78. The molecule has 0 amide bonds. The van der Waals surface area contributed by atoms with Gasteiger partial charge >= 0.3 is 0 Å². The molecule has 0 aromatic heterocycles. The van der Waals surface area contributed by atoms with Gasteiger partial charge in [-0.1, -0.05) is 24.3 Å². The van der Waals surface area contributed by atoms with Crippen molar-refractivity contribution in [3.8, 4) is 5.75 Å². The summed E-state index contributed by atoms with van der Waals surface area (Å²) >= 11 is 0. The molecule has 2 N–H and O–H groups in total. The molecule has 0 fully saturated rings. The fraction of sp³-hybridized carbons (Fsp3) is 0.333. The second kappa shape index (κ2) is 4.82. The summed E-state index contributed by atoms with van der Waals surface area (Å²) in [5, 5.41) is 13.0. The summed E-state index contributed by atoms with van der Waals surface area (Å²) in [5.41, 5.74) is 1.84. The molecule has 0 radical (unpaired) electrons. The van der Waals surface area contributed by atoms with Gasteiger partial charge in [-0.05, 0) is 19.4 Å². The van der Waals surface area contributed by atoms with Gasteiger partial charge in [0, 0.05) is 18.2 Å². The first-order valence-electron chi connectivity index (χ1n) is 4.78. The molecule has 0 aliphatic rings. The molecule has 1 rings (SSSR count). The third kappa shape index (κ3) is 2.60. The first kappa shape index (κ1) is 10.8. The van der Waals surface area contributed by atoms with Crippen LogP contribution in [0.2, 0.25) is 0 Å². The first-order chi connectivity index (χ1) is 6.65. The van der Waals surface area contributed by atoms with Crippen molar-refractivity contribution in [3.63, 3.8) is 0 Å². The van der Waals surface area contributed by atoms with Crippen molar-refractivity contribution in [3.05, 3.63) is 42.0 Å². The summed E-state index contributed by atoms with van der Waals surface area (Å²) in [4.78, 5) is 0. The number of aromatic hydroxyl groups is 1. The second-order valence-electron chi connectivity index (χ2n) is 3.49. The maximum atomic E-state index is 9.72. The van der Waals surface area contributed by atoms with E-state index in [-0.39, 0.29) is 6.04 Å². The number of para-hydroxylation sites is 1. The van der Waals surface area contributed by atoms with Crippen LogP contribution in [-0.4, -0.2) is 11.1 Å². The van der Waals surface area contributed by atoms with E-state index in [4.69, 9.17) is 0 Å². The van der Waals surface area contributed by atoms with Crippen molar-refractivity contribution in [1.82, 2.24) is 5.32 Å². The van der Waals surface area contributed by atoms with Crippen LogP contribution >= 0.6 is 0 Å². The molecule has 0 saturated carbocycles. The number of phenolic OH excluding ortho intramolecular Hbond substituents is 1. The van der Waals surface area contributed by atoms with Gasteiger partial charge < -0.3 is 10.4 Å². The van der Waals surface area contributed by atoms with E-state index < -0.39 is 0 Å². The zero-order chi connectivity index (χ0) is 10.6. The average Bonchev–Trinajstić information content (AvgIpc) is 2.20. The molecule has 1 atom stereocenters. The molecular formula is C12H17NO. The minimum Gasteiger partial charge on any atom is -0.507 e. The van der Waals surface area contributed by atoms with E-state index in [1.165, 1.54) is 0 Å². The van der Waals surface area contributed by atoms with Crippen LogP contribution in [0.25, 0.3) is 0 Å². The number of phenols is 1. The fourth-order valence-corrected chi connectivity index (χ4v) is 1.22. The lowest BCUT2D eigenvalue weighted by Crippen LogP contribution is -2.22. The van der Waals surface area contributed by atoms with Gasteiger partial charge in [-0.25, -0.2) is 0 Å². The molecule has 0 saturated heterocycles. The quantitative estimate of drug-likeness (QED) is 0.716. The molecule has 2 heteroatoms. The van der Waals surface area contributed by atoms with E-state index in [0.717, 1.165) is 11.1 Å². The molecule has 1 unspecified atom stereocenters. The molecule has 1 aromatic carbocycles. The topological polar surface area (TPSA) is 32.3 Å². The van der Waals surface area contributed by atoms with E-state index in [1.807, 2.05) is 38.1 Å². The number of hydrogen-bond acceptors (Lipinski definition) is 2. The lowest BCUT2D eigenvalue weighted by atomic mass is 10.1. The SMILES string of the molecule is C=CC(C)NCc1cccc(C)c1O. The van der Waals surface area contributed by atoms with E-state index in [1.54, 1.807) is 0 Å². The predicted molar refractivity (Wildman–Crippen MR) is 59.3 cm³/mol. The average molecular weight is 191 g/mol. The lowest BCUT2D eigenvalue weighted by molar-refractivity contribution is 0.459. The Kier molecular flexibility index (Phi) is 3.72. The molecular weight excluding hydrogens is 174 g/mol. The van der Waals surface area contributed by atoms with Crippen molar-refractivity contribution in [2.45, 2.75) is 26.4 Å². The molecule has 76 valence electrons. The summed E-state index contributed by atoms with van der Waals surface area (Å²) in [6.07, 6.45) is 1.84. The largest absolute Gasteiger partial charge is 0.507 e. The number of rotatable bonds is 4. The Morgan fingerprint density at radius 2 is 2.29 bits per heavy atom.